The first kappa shape index (κ1) is 23.9. The molecule has 0 saturated carbocycles. The SMILES string of the molecule is CC1(C)CCC(C)(C)c2cc(/C=C3\SC(=O)N(CC(=O)c4cccc([N+](=O)[O-])c4)C3=O)ccc21. The number of Topliss-reactive ketones (excluding diaryl/α,β-unsaturated/α-hetero) is 1. The number of hydrogen-bond acceptors (Lipinski definition) is 6. The molecule has 1 fully saturated rings. The molecule has 0 bridgehead atoms. The van der Waals surface area contributed by atoms with Crippen molar-refractivity contribution in [1.29, 1.82) is 0 Å². The summed E-state index contributed by atoms with van der Waals surface area (Å²) in [5, 5.41) is 10.4. The third kappa shape index (κ3) is 4.42. The molecule has 176 valence electrons. The van der Waals surface area contributed by atoms with Crippen molar-refractivity contribution in [3.8, 4) is 0 Å². The maximum atomic E-state index is 12.9. The van der Waals surface area contributed by atoms with Crippen LogP contribution >= 0.6 is 11.8 Å². The van der Waals surface area contributed by atoms with E-state index in [1.165, 1.54) is 29.3 Å². The van der Waals surface area contributed by atoms with Crippen LogP contribution in [0, 0.1) is 10.1 Å². The minimum Gasteiger partial charge on any atom is -0.292 e. The van der Waals surface area contributed by atoms with Gasteiger partial charge < -0.3 is 0 Å². The minimum atomic E-state index is -0.597. The monoisotopic (exact) mass is 478 g/mol. The van der Waals surface area contributed by atoms with Crippen LogP contribution < -0.4 is 0 Å². The summed E-state index contributed by atoms with van der Waals surface area (Å²) in [5.74, 6) is -1.07. The van der Waals surface area contributed by atoms with Gasteiger partial charge in [0.1, 0.15) is 0 Å². The van der Waals surface area contributed by atoms with Gasteiger partial charge in [-0.3, -0.25) is 29.4 Å². The average Bonchev–Trinajstić information content (AvgIpc) is 3.04. The van der Waals surface area contributed by atoms with Gasteiger partial charge in [0.15, 0.2) is 5.78 Å². The van der Waals surface area contributed by atoms with Gasteiger partial charge in [-0.15, -0.1) is 0 Å². The first-order valence-corrected chi connectivity index (χ1v) is 11.9. The predicted octanol–water partition coefficient (Wildman–Crippen LogP) is 5.86. The summed E-state index contributed by atoms with van der Waals surface area (Å²) in [6.07, 6.45) is 3.86. The fraction of sp³-hybridized carbons (Fsp3) is 0.346. The van der Waals surface area contributed by atoms with Crippen molar-refractivity contribution < 1.29 is 19.3 Å². The molecule has 0 atom stereocenters. The number of nitro groups is 1. The van der Waals surface area contributed by atoms with Gasteiger partial charge in [-0.05, 0) is 58.2 Å². The first-order valence-electron chi connectivity index (χ1n) is 11.1. The zero-order chi connectivity index (χ0) is 24.8. The zero-order valence-corrected chi connectivity index (χ0v) is 20.4. The van der Waals surface area contributed by atoms with E-state index in [2.05, 4.69) is 39.8 Å². The van der Waals surface area contributed by atoms with Crippen LogP contribution in [-0.2, 0) is 15.6 Å². The largest absolute Gasteiger partial charge is 0.293 e. The minimum absolute atomic E-state index is 0.0127. The van der Waals surface area contributed by atoms with Gasteiger partial charge in [0.05, 0.1) is 16.4 Å². The molecule has 34 heavy (non-hydrogen) atoms. The second-order valence-corrected chi connectivity index (χ2v) is 11.1. The van der Waals surface area contributed by atoms with E-state index in [1.807, 2.05) is 6.07 Å². The molecule has 1 heterocycles. The van der Waals surface area contributed by atoms with Crippen LogP contribution in [0.1, 0.15) is 67.6 Å². The molecule has 0 radical (unpaired) electrons. The Balaban J connectivity index is 1.57. The number of rotatable bonds is 5. The molecule has 1 aliphatic carbocycles. The Morgan fingerprint density at radius 3 is 2.41 bits per heavy atom. The second-order valence-electron chi connectivity index (χ2n) is 10.1. The summed E-state index contributed by atoms with van der Waals surface area (Å²) in [4.78, 5) is 49.6. The van der Waals surface area contributed by atoms with Crippen LogP contribution in [0.3, 0.4) is 0 Å². The molecule has 4 rings (SSSR count). The van der Waals surface area contributed by atoms with E-state index in [1.54, 1.807) is 6.08 Å². The zero-order valence-electron chi connectivity index (χ0n) is 19.6. The van der Waals surface area contributed by atoms with Crippen LogP contribution in [0.15, 0.2) is 47.4 Å². The lowest BCUT2D eigenvalue weighted by molar-refractivity contribution is -0.384. The highest BCUT2D eigenvalue weighted by molar-refractivity contribution is 8.18. The van der Waals surface area contributed by atoms with E-state index in [0.717, 1.165) is 41.1 Å². The molecule has 2 amide bonds. The van der Waals surface area contributed by atoms with Gasteiger partial charge in [-0.1, -0.05) is 58.0 Å². The van der Waals surface area contributed by atoms with Crippen molar-refractivity contribution in [2.75, 3.05) is 6.54 Å². The molecule has 0 spiro atoms. The van der Waals surface area contributed by atoms with Gasteiger partial charge >= 0.3 is 0 Å². The Morgan fingerprint density at radius 1 is 1.06 bits per heavy atom. The molecule has 2 aliphatic rings. The molecule has 1 aliphatic heterocycles. The normalized spacial score (nSPS) is 19.9. The highest BCUT2D eigenvalue weighted by Crippen LogP contribution is 2.46. The molecule has 8 heteroatoms. The fourth-order valence-electron chi connectivity index (χ4n) is 4.51. The van der Waals surface area contributed by atoms with Crippen LogP contribution in [0.4, 0.5) is 10.5 Å². The van der Waals surface area contributed by atoms with Crippen molar-refractivity contribution in [3.63, 3.8) is 0 Å². The molecule has 2 aromatic carbocycles. The number of carbonyl (C=O) groups excluding carboxylic acids is 3. The molecule has 0 N–H and O–H groups in total. The number of nitrogens with zero attached hydrogens (tertiary/aromatic N) is 2. The van der Waals surface area contributed by atoms with Crippen molar-refractivity contribution in [3.05, 3.63) is 79.7 Å². The van der Waals surface area contributed by atoms with Gasteiger partial charge in [0.2, 0.25) is 0 Å². The number of carbonyl (C=O) groups is 3. The second kappa shape index (κ2) is 8.51. The highest BCUT2D eigenvalue weighted by atomic mass is 32.2. The van der Waals surface area contributed by atoms with Crippen LogP contribution in [-0.4, -0.2) is 33.3 Å². The van der Waals surface area contributed by atoms with Crippen LogP contribution in [0.5, 0.6) is 0 Å². The van der Waals surface area contributed by atoms with Crippen molar-refractivity contribution in [2.24, 2.45) is 0 Å². The molecule has 0 aromatic heterocycles. The summed E-state index contributed by atoms with van der Waals surface area (Å²) in [7, 11) is 0. The van der Waals surface area contributed by atoms with Gasteiger partial charge in [-0.25, -0.2) is 0 Å². The number of nitro benzene ring substituents is 1. The molecule has 1 saturated heterocycles. The third-order valence-electron chi connectivity index (χ3n) is 6.73. The number of ketones is 1. The number of thioether (sulfide) groups is 1. The Labute approximate surface area is 202 Å². The number of fused-ring (bicyclic) bond motifs is 1. The summed E-state index contributed by atoms with van der Waals surface area (Å²) >= 11 is 0.797. The smallest absolute Gasteiger partial charge is 0.292 e. The molecular formula is C26H26N2O5S. The van der Waals surface area contributed by atoms with Gasteiger partial charge in [0.25, 0.3) is 16.8 Å². The Morgan fingerprint density at radius 2 is 1.74 bits per heavy atom. The number of benzene rings is 2. The molecular weight excluding hydrogens is 452 g/mol. The Kier molecular flexibility index (Phi) is 5.97. The lowest BCUT2D eigenvalue weighted by atomic mass is 9.63. The van der Waals surface area contributed by atoms with E-state index in [4.69, 9.17) is 0 Å². The summed E-state index contributed by atoms with van der Waals surface area (Å²) < 4.78 is 0. The summed E-state index contributed by atoms with van der Waals surface area (Å²) in [5.41, 5.74) is 3.33. The topological polar surface area (TPSA) is 97.6 Å². The van der Waals surface area contributed by atoms with Crippen molar-refractivity contribution in [2.45, 2.75) is 51.4 Å². The standard InChI is InChI=1S/C26H26N2O5S/c1-25(2)10-11-26(3,4)20-12-16(8-9-19(20)25)13-22-23(30)27(24(31)34-22)15-21(29)17-6-5-7-18(14-17)28(32)33/h5-9,12-14H,10-11,15H2,1-4H3/b22-13-. The Hall–Kier alpha value is -3.26. The third-order valence-corrected chi connectivity index (χ3v) is 7.64. The maximum Gasteiger partial charge on any atom is 0.293 e. The first-order chi connectivity index (χ1) is 15.9. The van der Waals surface area contributed by atoms with E-state index >= 15 is 0 Å². The van der Waals surface area contributed by atoms with E-state index in [0.29, 0.717) is 0 Å². The van der Waals surface area contributed by atoms with Crippen molar-refractivity contribution in [1.82, 2.24) is 4.90 Å². The fourth-order valence-corrected chi connectivity index (χ4v) is 5.35. The lowest BCUT2D eigenvalue weighted by Crippen LogP contribution is -2.34. The van der Waals surface area contributed by atoms with Crippen LogP contribution in [0.25, 0.3) is 6.08 Å². The van der Waals surface area contributed by atoms with Gasteiger partial charge in [-0.2, -0.15) is 0 Å². The van der Waals surface area contributed by atoms with Crippen LogP contribution in [0.2, 0.25) is 0 Å². The molecule has 7 nitrogen and oxygen atoms in total. The number of imide groups is 1. The molecule has 0 unspecified atom stereocenters. The van der Waals surface area contributed by atoms with Gasteiger partial charge in [0, 0.05) is 17.7 Å². The van der Waals surface area contributed by atoms with E-state index < -0.39 is 28.4 Å². The maximum absolute atomic E-state index is 12.9. The van der Waals surface area contributed by atoms with Crippen molar-refractivity contribution >= 4 is 40.5 Å². The number of amides is 2. The quantitative estimate of drug-likeness (QED) is 0.231. The van der Waals surface area contributed by atoms with E-state index in [-0.39, 0.29) is 27.0 Å². The highest BCUT2D eigenvalue weighted by Gasteiger charge is 2.38. The number of non-ortho nitro benzene ring substituents is 1. The lowest BCUT2D eigenvalue weighted by Gasteiger charge is -2.42. The molecule has 2 aromatic rings. The number of hydrogen-bond donors (Lipinski definition) is 0. The average molecular weight is 479 g/mol. The predicted molar refractivity (Wildman–Crippen MR) is 132 cm³/mol. The summed E-state index contributed by atoms with van der Waals surface area (Å²) in [6, 6.07) is 11.4. The Bertz CT molecular complexity index is 1260. The van der Waals surface area contributed by atoms with E-state index in [9.17, 15) is 24.5 Å². The summed E-state index contributed by atoms with van der Waals surface area (Å²) in [6.45, 7) is 8.46.